The highest BCUT2D eigenvalue weighted by molar-refractivity contribution is 4.97. The molecule has 3 fully saturated rings. The third kappa shape index (κ3) is 3.44. The molecule has 4 heteroatoms. The van der Waals surface area contributed by atoms with Gasteiger partial charge in [-0.05, 0) is 44.8 Å². The summed E-state index contributed by atoms with van der Waals surface area (Å²) in [4.78, 5) is 2.71. The SMILES string of the molecule is CCNC1CCC2(CC1N1CCC(CC)CC1)OCCO2. The van der Waals surface area contributed by atoms with Crippen molar-refractivity contribution < 1.29 is 9.47 Å². The molecule has 1 spiro atoms. The highest BCUT2D eigenvalue weighted by atomic mass is 16.7. The fraction of sp³-hybridized carbons (Fsp3) is 1.00. The Morgan fingerprint density at radius 3 is 2.43 bits per heavy atom. The van der Waals surface area contributed by atoms with Crippen LogP contribution in [-0.4, -0.2) is 55.6 Å². The van der Waals surface area contributed by atoms with E-state index in [0.717, 1.165) is 38.5 Å². The molecular weight excluding hydrogens is 264 g/mol. The van der Waals surface area contributed by atoms with Crippen LogP contribution in [0.3, 0.4) is 0 Å². The second kappa shape index (κ2) is 6.95. The molecule has 1 aliphatic carbocycles. The smallest absolute Gasteiger partial charge is 0.170 e. The summed E-state index contributed by atoms with van der Waals surface area (Å²) in [5, 5.41) is 3.71. The number of hydrogen-bond donors (Lipinski definition) is 1. The quantitative estimate of drug-likeness (QED) is 0.863. The van der Waals surface area contributed by atoms with Crippen molar-refractivity contribution in [3.63, 3.8) is 0 Å². The number of likely N-dealkylation sites (tertiary alicyclic amines) is 1. The number of piperidine rings is 1. The molecular formula is C17H32N2O2. The van der Waals surface area contributed by atoms with Gasteiger partial charge in [0.25, 0.3) is 0 Å². The van der Waals surface area contributed by atoms with Gasteiger partial charge in [0.1, 0.15) is 0 Å². The molecule has 0 radical (unpaired) electrons. The first kappa shape index (κ1) is 15.7. The van der Waals surface area contributed by atoms with Crippen LogP contribution < -0.4 is 5.32 Å². The van der Waals surface area contributed by atoms with Gasteiger partial charge in [0.2, 0.25) is 0 Å². The van der Waals surface area contributed by atoms with E-state index in [1.165, 1.54) is 38.8 Å². The molecule has 2 atom stereocenters. The van der Waals surface area contributed by atoms with E-state index in [1.54, 1.807) is 0 Å². The largest absolute Gasteiger partial charge is 0.347 e. The summed E-state index contributed by atoms with van der Waals surface area (Å²) in [5.74, 6) is 0.674. The third-order valence-corrected chi connectivity index (χ3v) is 5.80. The van der Waals surface area contributed by atoms with Crippen molar-refractivity contribution in [2.45, 2.75) is 70.2 Å². The van der Waals surface area contributed by atoms with E-state index in [1.807, 2.05) is 0 Å². The first-order valence-electron chi connectivity index (χ1n) is 9.01. The maximum absolute atomic E-state index is 5.99. The highest BCUT2D eigenvalue weighted by Crippen LogP contribution is 2.39. The molecule has 0 amide bonds. The maximum atomic E-state index is 5.99. The highest BCUT2D eigenvalue weighted by Gasteiger charge is 2.46. The number of nitrogens with one attached hydrogen (secondary N) is 1. The van der Waals surface area contributed by atoms with Crippen molar-refractivity contribution in [2.75, 3.05) is 32.8 Å². The molecule has 3 aliphatic rings. The molecule has 122 valence electrons. The number of hydrogen-bond acceptors (Lipinski definition) is 4. The van der Waals surface area contributed by atoms with Crippen molar-refractivity contribution in [1.29, 1.82) is 0 Å². The number of rotatable bonds is 4. The van der Waals surface area contributed by atoms with Gasteiger partial charge in [0.15, 0.2) is 5.79 Å². The second-order valence-corrected chi connectivity index (χ2v) is 6.97. The molecule has 1 saturated carbocycles. The van der Waals surface area contributed by atoms with Gasteiger partial charge in [-0.15, -0.1) is 0 Å². The normalized spacial score (nSPS) is 34.6. The van der Waals surface area contributed by atoms with Crippen LogP contribution in [0.4, 0.5) is 0 Å². The number of nitrogens with zero attached hydrogens (tertiary/aromatic N) is 1. The van der Waals surface area contributed by atoms with Gasteiger partial charge in [0.05, 0.1) is 13.2 Å². The molecule has 2 aliphatic heterocycles. The summed E-state index contributed by atoms with van der Waals surface area (Å²) in [5.41, 5.74) is 0. The van der Waals surface area contributed by atoms with Crippen LogP contribution in [0, 0.1) is 5.92 Å². The van der Waals surface area contributed by atoms with Crippen molar-refractivity contribution >= 4 is 0 Å². The number of likely N-dealkylation sites (N-methyl/N-ethyl adjacent to an activating group) is 1. The van der Waals surface area contributed by atoms with Crippen molar-refractivity contribution in [1.82, 2.24) is 10.2 Å². The summed E-state index contributed by atoms with van der Waals surface area (Å²) in [6.07, 6.45) is 7.33. The van der Waals surface area contributed by atoms with Gasteiger partial charge in [-0.25, -0.2) is 0 Å². The lowest BCUT2D eigenvalue weighted by molar-refractivity contribution is -0.194. The van der Waals surface area contributed by atoms with E-state index in [-0.39, 0.29) is 5.79 Å². The van der Waals surface area contributed by atoms with Crippen LogP contribution in [0.15, 0.2) is 0 Å². The zero-order chi connectivity index (χ0) is 14.7. The molecule has 2 saturated heterocycles. The minimum absolute atomic E-state index is 0.266. The Bertz CT molecular complexity index is 323. The maximum Gasteiger partial charge on any atom is 0.170 e. The molecule has 2 unspecified atom stereocenters. The van der Waals surface area contributed by atoms with Gasteiger partial charge < -0.3 is 14.8 Å². The topological polar surface area (TPSA) is 33.7 Å². The van der Waals surface area contributed by atoms with Crippen LogP contribution in [0.5, 0.6) is 0 Å². The van der Waals surface area contributed by atoms with Crippen molar-refractivity contribution in [2.24, 2.45) is 5.92 Å². The monoisotopic (exact) mass is 296 g/mol. The molecule has 0 aromatic rings. The van der Waals surface area contributed by atoms with Gasteiger partial charge in [-0.2, -0.15) is 0 Å². The Labute approximate surface area is 129 Å². The Balaban J connectivity index is 1.65. The molecule has 0 aromatic heterocycles. The number of ether oxygens (including phenoxy) is 2. The summed E-state index contributed by atoms with van der Waals surface area (Å²) in [7, 11) is 0. The minimum Gasteiger partial charge on any atom is -0.347 e. The predicted molar refractivity (Wildman–Crippen MR) is 84.3 cm³/mol. The van der Waals surface area contributed by atoms with Gasteiger partial charge in [0, 0.05) is 24.9 Å². The lowest BCUT2D eigenvalue weighted by atomic mass is 9.82. The minimum atomic E-state index is -0.266. The van der Waals surface area contributed by atoms with E-state index < -0.39 is 0 Å². The summed E-state index contributed by atoms with van der Waals surface area (Å²) in [6, 6.07) is 1.18. The zero-order valence-corrected chi connectivity index (χ0v) is 13.8. The van der Waals surface area contributed by atoms with E-state index in [4.69, 9.17) is 9.47 Å². The van der Waals surface area contributed by atoms with E-state index >= 15 is 0 Å². The fourth-order valence-corrected chi connectivity index (χ4v) is 4.47. The summed E-state index contributed by atoms with van der Waals surface area (Å²) >= 11 is 0. The fourth-order valence-electron chi connectivity index (χ4n) is 4.47. The Morgan fingerprint density at radius 2 is 1.81 bits per heavy atom. The van der Waals surface area contributed by atoms with Gasteiger partial charge in [-0.3, -0.25) is 4.90 Å². The van der Waals surface area contributed by atoms with Gasteiger partial charge >= 0.3 is 0 Å². The van der Waals surface area contributed by atoms with Crippen LogP contribution in [-0.2, 0) is 9.47 Å². The van der Waals surface area contributed by atoms with Crippen LogP contribution in [0.1, 0.15) is 52.4 Å². The Hall–Kier alpha value is -0.160. The van der Waals surface area contributed by atoms with Crippen molar-refractivity contribution in [3.05, 3.63) is 0 Å². The average molecular weight is 296 g/mol. The average Bonchev–Trinajstić information content (AvgIpc) is 2.98. The standard InChI is InChI=1S/C17H32N2O2/c1-3-14-6-9-19(10-7-14)16-13-17(20-11-12-21-17)8-5-15(16)18-4-2/h14-16,18H,3-13H2,1-2H3. The van der Waals surface area contributed by atoms with Crippen molar-refractivity contribution in [3.8, 4) is 0 Å². The third-order valence-electron chi connectivity index (χ3n) is 5.80. The van der Waals surface area contributed by atoms with Crippen LogP contribution >= 0.6 is 0 Å². The Kier molecular flexibility index (Phi) is 5.20. The zero-order valence-electron chi connectivity index (χ0n) is 13.8. The first-order valence-corrected chi connectivity index (χ1v) is 9.01. The molecule has 2 heterocycles. The molecule has 21 heavy (non-hydrogen) atoms. The van der Waals surface area contributed by atoms with Gasteiger partial charge in [-0.1, -0.05) is 20.3 Å². The van der Waals surface area contributed by atoms with E-state index in [2.05, 4.69) is 24.1 Å². The van der Waals surface area contributed by atoms with Crippen LogP contribution in [0.25, 0.3) is 0 Å². The lowest BCUT2D eigenvalue weighted by Gasteiger charge is -2.48. The second-order valence-electron chi connectivity index (χ2n) is 6.97. The lowest BCUT2D eigenvalue weighted by Crippen LogP contribution is -2.59. The summed E-state index contributed by atoms with van der Waals surface area (Å²) in [6.45, 7) is 9.65. The van der Waals surface area contributed by atoms with Crippen LogP contribution in [0.2, 0.25) is 0 Å². The molecule has 0 aromatic carbocycles. The first-order chi connectivity index (χ1) is 10.3. The predicted octanol–water partition coefficient (Wildman–Crippen LogP) is 2.38. The Morgan fingerprint density at radius 1 is 1.10 bits per heavy atom. The molecule has 1 N–H and O–H groups in total. The molecule has 4 nitrogen and oxygen atoms in total. The molecule has 0 bridgehead atoms. The van der Waals surface area contributed by atoms with E-state index in [9.17, 15) is 0 Å². The van der Waals surface area contributed by atoms with E-state index in [0.29, 0.717) is 12.1 Å². The summed E-state index contributed by atoms with van der Waals surface area (Å²) < 4.78 is 12.0. The molecule has 3 rings (SSSR count).